The van der Waals surface area contributed by atoms with E-state index in [4.69, 9.17) is 4.74 Å². The van der Waals surface area contributed by atoms with Crippen molar-refractivity contribution in [1.29, 1.82) is 0 Å². The largest absolute Gasteiger partial charge is 0.497 e. The van der Waals surface area contributed by atoms with Gasteiger partial charge in [0.1, 0.15) is 11.6 Å². The second-order valence-corrected chi connectivity index (χ2v) is 7.83. The fourth-order valence-electron chi connectivity index (χ4n) is 3.28. The molecule has 1 unspecified atom stereocenters. The minimum absolute atomic E-state index is 0.0897. The predicted molar refractivity (Wildman–Crippen MR) is 107 cm³/mol. The lowest BCUT2D eigenvalue weighted by molar-refractivity contribution is -0.113. The summed E-state index contributed by atoms with van der Waals surface area (Å²) < 4.78 is 7.01. The van der Waals surface area contributed by atoms with Crippen LogP contribution in [-0.4, -0.2) is 33.5 Å². The molecule has 8 heteroatoms. The number of rotatable bonds is 3. The van der Waals surface area contributed by atoms with Crippen LogP contribution in [0.2, 0.25) is 0 Å². The van der Waals surface area contributed by atoms with Crippen molar-refractivity contribution in [3.8, 4) is 5.75 Å². The Bertz CT molecular complexity index is 1090. The Labute approximate surface area is 160 Å². The second kappa shape index (κ2) is 6.77. The number of benzene rings is 1. The third kappa shape index (κ3) is 3.10. The minimum Gasteiger partial charge on any atom is -0.497 e. The lowest BCUT2D eigenvalue weighted by Crippen LogP contribution is -2.17. The lowest BCUT2D eigenvalue weighted by atomic mass is 10.1. The molecular formula is C19H20N4O3S. The van der Waals surface area contributed by atoms with E-state index < -0.39 is 0 Å². The van der Waals surface area contributed by atoms with Crippen LogP contribution in [0.3, 0.4) is 0 Å². The standard InChI is InChI=1S/C19H20N4O3S/c1-10(2)23-18-14(8-20-23)17(27-9-16(24)22-18)13-6-11-4-5-12(26-3)7-15(11)21-19(13)25/h4-8,10,17H,9H2,1-3H3,(H,21,25)(H,22,24). The number of aromatic amines is 1. The molecule has 0 bridgehead atoms. The summed E-state index contributed by atoms with van der Waals surface area (Å²) in [4.78, 5) is 28.0. The number of carbonyl (C=O) groups excluding carboxylic acids is 1. The monoisotopic (exact) mass is 384 g/mol. The average molecular weight is 384 g/mol. The first-order valence-corrected chi connectivity index (χ1v) is 9.72. The number of carbonyl (C=O) groups is 1. The summed E-state index contributed by atoms with van der Waals surface area (Å²) in [6.07, 6.45) is 1.75. The molecule has 1 aliphatic heterocycles. The Morgan fingerprint density at radius 1 is 1.26 bits per heavy atom. The molecule has 27 heavy (non-hydrogen) atoms. The van der Waals surface area contributed by atoms with Gasteiger partial charge in [-0.15, -0.1) is 11.8 Å². The minimum atomic E-state index is -0.276. The number of H-pyrrole nitrogens is 1. The molecule has 140 valence electrons. The normalized spacial score (nSPS) is 16.9. The molecule has 0 spiro atoms. The molecule has 1 aliphatic rings. The quantitative estimate of drug-likeness (QED) is 0.724. The summed E-state index contributed by atoms with van der Waals surface area (Å²) >= 11 is 1.43. The highest BCUT2D eigenvalue weighted by Gasteiger charge is 2.30. The zero-order chi connectivity index (χ0) is 19.1. The Balaban J connectivity index is 1.87. The van der Waals surface area contributed by atoms with E-state index in [1.165, 1.54) is 11.8 Å². The van der Waals surface area contributed by atoms with Crippen LogP contribution in [-0.2, 0) is 4.79 Å². The van der Waals surface area contributed by atoms with Crippen molar-refractivity contribution in [3.63, 3.8) is 0 Å². The van der Waals surface area contributed by atoms with Gasteiger partial charge in [-0.1, -0.05) is 0 Å². The van der Waals surface area contributed by atoms with Gasteiger partial charge in [0.2, 0.25) is 5.91 Å². The molecule has 1 amide bonds. The van der Waals surface area contributed by atoms with Crippen LogP contribution < -0.4 is 15.6 Å². The van der Waals surface area contributed by atoms with E-state index in [0.717, 1.165) is 10.9 Å². The van der Waals surface area contributed by atoms with Crippen LogP contribution in [0, 0.1) is 0 Å². The summed E-state index contributed by atoms with van der Waals surface area (Å²) in [6, 6.07) is 7.56. The number of thioether (sulfide) groups is 1. The molecule has 2 N–H and O–H groups in total. The molecular weight excluding hydrogens is 364 g/mol. The van der Waals surface area contributed by atoms with Crippen LogP contribution in [0.1, 0.15) is 36.3 Å². The molecule has 4 rings (SSSR count). The Morgan fingerprint density at radius 3 is 2.81 bits per heavy atom. The highest BCUT2D eigenvalue weighted by Crippen LogP contribution is 2.41. The zero-order valence-corrected chi connectivity index (χ0v) is 16.1. The number of methoxy groups -OCH3 is 1. The van der Waals surface area contributed by atoms with Crippen LogP contribution in [0.5, 0.6) is 5.75 Å². The third-order valence-corrected chi connectivity index (χ3v) is 5.87. The average Bonchev–Trinajstić information content (AvgIpc) is 2.98. The van der Waals surface area contributed by atoms with Crippen LogP contribution >= 0.6 is 11.8 Å². The third-order valence-electron chi connectivity index (χ3n) is 4.60. The Kier molecular flexibility index (Phi) is 4.43. The molecule has 1 atom stereocenters. The van der Waals surface area contributed by atoms with E-state index in [-0.39, 0.29) is 28.5 Å². The van der Waals surface area contributed by atoms with Gasteiger partial charge in [0.15, 0.2) is 0 Å². The van der Waals surface area contributed by atoms with Gasteiger partial charge in [-0.2, -0.15) is 5.10 Å². The predicted octanol–water partition coefficient (Wildman–Crippen LogP) is 3.09. The number of amides is 1. The number of aromatic nitrogens is 3. The fraction of sp³-hybridized carbons (Fsp3) is 0.316. The maximum atomic E-state index is 12.8. The van der Waals surface area contributed by atoms with E-state index in [9.17, 15) is 9.59 Å². The first-order chi connectivity index (χ1) is 13.0. The summed E-state index contributed by atoms with van der Waals surface area (Å²) in [5, 5.41) is 7.99. The van der Waals surface area contributed by atoms with E-state index >= 15 is 0 Å². The lowest BCUT2D eigenvalue weighted by Gasteiger charge is -2.15. The van der Waals surface area contributed by atoms with Gasteiger partial charge in [-0.05, 0) is 37.4 Å². The van der Waals surface area contributed by atoms with Gasteiger partial charge in [-0.25, -0.2) is 4.68 Å². The molecule has 7 nitrogen and oxygen atoms in total. The van der Waals surface area contributed by atoms with Crippen LogP contribution in [0.15, 0.2) is 35.3 Å². The summed E-state index contributed by atoms with van der Waals surface area (Å²) in [5.74, 6) is 1.54. The van der Waals surface area contributed by atoms with Gasteiger partial charge >= 0.3 is 0 Å². The summed E-state index contributed by atoms with van der Waals surface area (Å²) in [6.45, 7) is 4.01. The number of fused-ring (bicyclic) bond motifs is 2. The van der Waals surface area contributed by atoms with Crippen molar-refractivity contribution < 1.29 is 9.53 Å². The van der Waals surface area contributed by atoms with Gasteiger partial charge in [0.05, 0.1) is 29.8 Å². The molecule has 3 heterocycles. The Hall–Kier alpha value is -2.74. The number of ether oxygens (including phenoxy) is 1. The summed E-state index contributed by atoms with van der Waals surface area (Å²) in [5.41, 5.74) is 2.00. The number of nitrogens with zero attached hydrogens (tertiary/aromatic N) is 2. The second-order valence-electron chi connectivity index (χ2n) is 6.73. The van der Waals surface area contributed by atoms with Crippen molar-refractivity contribution in [2.45, 2.75) is 25.1 Å². The highest BCUT2D eigenvalue weighted by molar-refractivity contribution is 8.00. The van der Waals surface area contributed by atoms with Gasteiger partial charge in [0.25, 0.3) is 5.56 Å². The van der Waals surface area contributed by atoms with Gasteiger partial charge < -0.3 is 15.0 Å². The first kappa shape index (κ1) is 17.7. The van der Waals surface area contributed by atoms with E-state index in [1.807, 2.05) is 32.0 Å². The smallest absolute Gasteiger partial charge is 0.253 e. The number of anilines is 1. The summed E-state index contributed by atoms with van der Waals surface area (Å²) in [7, 11) is 1.59. The maximum absolute atomic E-state index is 12.8. The fourth-order valence-corrected chi connectivity index (χ4v) is 4.38. The van der Waals surface area contributed by atoms with E-state index in [2.05, 4.69) is 15.4 Å². The molecule has 1 aromatic carbocycles. The van der Waals surface area contributed by atoms with Crippen molar-refractivity contribution in [2.24, 2.45) is 0 Å². The maximum Gasteiger partial charge on any atom is 0.253 e. The first-order valence-electron chi connectivity index (χ1n) is 8.67. The molecule has 3 aromatic rings. The molecule has 0 saturated heterocycles. The SMILES string of the molecule is COc1ccc2cc(C3SCC(=O)Nc4c3cnn4C(C)C)c(=O)[nH]c2c1. The molecule has 0 radical (unpaired) electrons. The number of pyridine rings is 1. The van der Waals surface area contributed by atoms with Gasteiger partial charge in [0, 0.05) is 23.2 Å². The Morgan fingerprint density at radius 2 is 2.07 bits per heavy atom. The van der Waals surface area contributed by atoms with Gasteiger partial charge in [-0.3, -0.25) is 9.59 Å². The van der Waals surface area contributed by atoms with Crippen LogP contribution in [0.4, 0.5) is 5.82 Å². The van der Waals surface area contributed by atoms with E-state index in [0.29, 0.717) is 22.6 Å². The molecule has 0 saturated carbocycles. The number of hydrogen-bond donors (Lipinski definition) is 2. The van der Waals surface area contributed by atoms with Crippen molar-refractivity contribution >= 4 is 34.4 Å². The van der Waals surface area contributed by atoms with E-state index in [1.54, 1.807) is 24.1 Å². The number of hydrogen-bond acceptors (Lipinski definition) is 5. The molecule has 0 fully saturated rings. The molecule has 2 aromatic heterocycles. The number of nitrogens with one attached hydrogen (secondary N) is 2. The molecule has 0 aliphatic carbocycles. The highest BCUT2D eigenvalue weighted by atomic mass is 32.2. The van der Waals surface area contributed by atoms with Crippen molar-refractivity contribution in [2.75, 3.05) is 18.2 Å². The topological polar surface area (TPSA) is 89.0 Å². The zero-order valence-electron chi connectivity index (χ0n) is 15.3. The van der Waals surface area contributed by atoms with Crippen molar-refractivity contribution in [3.05, 3.63) is 51.9 Å². The van der Waals surface area contributed by atoms with Crippen molar-refractivity contribution in [1.82, 2.24) is 14.8 Å². The van der Waals surface area contributed by atoms with Crippen LogP contribution in [0.25, 0.3) is 10.9 Å².